The molecule has 30 heavy (non-hydrogen) atoms. The van der Waals surface area contributed by atoms with Gasteiger partial charge in [-0.15, -0.1) is 0 Å². The van der Waals surface area contributed by atoms with Crippen molar-refractivity contribution in [1.82, 2.24) is 9.97 Å². The highest BCUT2D eigenvalue weighted by atomic mass is 31.1. The quantitative estimate of drug-likeness (QED) is 0.534. The molecule has 0 radical (unpaired) electrons. The normalized spacial score (nSPS) is 23.6. The summed E-state index contributed by atoms with van der Waals surface area (Å²) in [6, 6.07) is 2.06. The molecule has 158 valence electrons. The number of nitrogen functional groups attached to an aromatic ring is 1. The minimum atomic E-state index is -1.44. The molecule has 0 spiro atoms. The molecule has 1 saturated heterocycles. The van der Waals surface area contributed by atoms with Gasteiger partial charge in [0.1, 0.15) is 36.8 Å². The number of nitrogens with two attached hydrogens (primary N) is 1. The van der Waals surface area contributed by atoms with E-state index in [0.717, 1.165) is 0 Å². The fourth-order valence-corrected chi connectivity index (χ4v) is 5.79. The molecule has 5 atom stereocenters. The number of nitrogens with zero attached hydrogens (tertiary/aromatic N) is 3. The molecule has 2 N–H and O–H groups in total. The summed E-state index contributed by atoms with van der Waals surface area (Å²) in [5.41, 5.74) is 6.21. The SMILES string of the molecule is CC(=O)OCC1OC(p2cc(C#N)c3c(N)ncnc32)C(OC(C)=O)C1OC(C)=O. The van der Waals surface area contributed by atoms with Crippen LogP contribution in [0.4, 0.5) is 5.82 Å². The first-order valence-corrected chi connectivity index (χ1v) is 10.3. The van der Waals surface area contributed by atoms with Gasteiger partial charge >= 0.3 is 17.9 Å². The van der Waals surface area contributed by atoms with Crippen LogP contribution in [0.5, 0.6) is 0 Å². The molecule has 2 aromatic heterocycles. The molecule has 5 unspecified atom stereocenters. The molecule has 0 aromatic carbocycles. The number of hydrogen-bond donors (Lipinski definition) is 1. The van der Waals surface area contributed by atoms with Gasteiger partial charge in [0, 0.05) is 20.8 Å². The van der Waals surface area contributed by atoms with Gasteiger partial charge in [-0.25, -0.2) is 9.97 Å². The Balaban J connectivity index is 2.09. The fourth-order valence-electron chi connectivity index (χ4n) is 3.30. The summed E-state index contributed by atoms with van der Waals surface area (Å²) in [6.45, 7) is 3.45. The summed E-state index contributed by atoms with van der Waals surface area (Å²) in [4.78, 5) is 42.9. The Kier molecular flexibility index (Phi) is 6.20. The third-order valence-electron chi connectivity index (χ3n) is 4.37. The van der Waals surface area contributed by atoms with Crippen molar-refractivity contribution >= 4 is 41.9 Å². The number of esters is 3. The Bertz CT molecular complexity index is 1050. The summed E-state index contributed by atoms with van der Waals surface area (Å²) >= 11 is 0. The molecule has 2 aromatic rings. The Morgan fingerprint density at radius 3 is 2.43 bits per heavy atom. The molecule has 3 rings (SSSR count). The third-order valence-corrected chi connectivity index (χ3v) is 6.70. The van der Waals surface area contributed by atoms with E-state index in [-0.39, 0.29) is 18.0 Å². The van der Waals surface area contributed by atoms with Gasteiger partial charge in [-0.3, -0.25) is 14.4 Å². The van der Waals surface area contributed by atoms with E-state index in [1.165, 1.54) is 27.1 Å². The highest BCUT2D eigenvalue weighted by Crippen LogP contribution is 2.56. The highest BCUT2D eigenvalue weighted by Gasteiger charge is 2.51. The van der Waals surface area contributed by atoms with Crippen molar-refractivity contribution in [2.45, 2.75) is 44.9 Å². The van der Waals surface area contributed by atoms with Gasteiger partial charge in [0.05, 0.1) is 16.2 Å². The lowest BCUT2D eigenvalue weighted by Gasteiger charge is -2.23. The van der Waals surface area contributed by atoms with Gasteiger partial charge in [0.25, 0.3) is 0 Å². The molecule has 1 fully saturated rings. The summed E-state index contributed by atoms with van der Waals surface area (Å²) in [6.07, 6.45) is -1.62. The predicted molar refractivity (Wildman–Crippen MR) is 103 cm³/mol. The van der Waals surface area contributed by atoms with E-state index in [0.29, 0.717) is 10.6 Å². The van der Waals surface area contributed by atoms with E-state index >= 15 is 0 Å². The fraction of sp³-hybridized carbons (Fsp3) is 0.444. The van der Waals surface area contributed by atoms with E-state index in [2.05, 4.69) is 16.0 Å². The lowest BCUT2D eigenvalue weighted by atomic mass is 10.1. The van der Waals surface area contributed by atoms with Crippen molar-refractivity contribution in [3.8, 4) is 6.07 Å². The summed E-state index contributed by atoms with van der Waals surface area (Å²) < 4.78 is 21.9. The minimum Gasteiger partial charge on any atom is -0.463 e. The van der Waals surface area contributed by atoms with E-state index in [4.69, 9.17) is 24.7 Å². The van der Waals surface area contributed by atoms with Crippen molar-refractivity contribution in [1.29, 1.82) is 5.26 Å². The maximum absolute atomic E-state index is 11.8. The second-order valence-corrected chi connectivity index (χ2v) is 8.54. The van der Waals surface area contributed by atoms with Crippen molar-refractivity contribution in [2.75, 3.05) is 12.3 Å². The number of carbonyl (C=O) groups is 3. The molecule has 0 saturated carbocycles. The number of fused-ring (bicyclic) bond motifs is 1. The maximum Gasteiger partial charge on any atom is 0.303 e. The molecule has 0 aliphatic carbocycles. The zero-order valence-corrected chi connectivity index (χ0v) is 17.3. The number of rotatable bonds is 5. The Hall–Kier alpha value is -3.22. The van der Waals surface area contributed by atoms with Crippen LogP contribution >= 0.6 is 7.53 Å². The number of aromatic nitrogens is 2. The number of hydrogen-bond acceptors (Lipinski definition) is 11. The Morgan fingerprint density at radius 1 is 1.17 bits per heavy atom. The number of ether oxygens (including phenoxy) is 4. The van der Waals surface area contributed by atoms with Crippen LogP contribution in [0.3, 0.4) is 0 Å². The first kappa shape index (κ1) is 21.5. The van der Waals surface area contributed by atoms with E-state index in [1.54, 1.807) is 5.80 Å². The number of anilines is 1. The molecule has 12 heteroatoms. The van der Waals surface area contributed by atoms with Crippen LogP contribution in [0.25, 0.3) is 10.6 Å². The average molecular weight is 434 g/mol. The highest BCUT2D eigenvalue weighted by molar-refractivity contribution is 7.55. The van der Waals surface area contributed by atoms with Gasteiger partial charge in [0.15, 0.2) is 12.2 Å². The summed E-state index contributed by atoms with van der Waals surface area (Å²) in [7, 11) is -1.44. The van der Waals surface area contributed by atoms with Gasteiger partial charge in [-0.2, -0.15) is 5.26 Å². The molecule has 1 aliphatic heterocycles. The molecule has 0 amide bonds. The van der Waals surface area contributed by atoms with Gasteiger partial charge in [-0.05, 0) is 5.80 Å². The van der Waals surface area contributed by atoms with Crippen molar-refractivity contribution in [3.63, 3.8) is 0 Å². The Morgan fingerprint density at radius 2 is 1.83 bits per heavy atom. The molecule has 0 bridgehead atoms. The van der Waals surface area contributed by atoms with Crippen LogP contribution in [0, 0.1) is 11.3 Å². The minimum absolute atomic E-state index is 0.146. The van der Waals surface area contributed by atoms with E-state index in [1.807, 2.05) is 0 Å². The first-order valence-electron chi connectivity index (χ1n) is 8.87. The Labute approximate surface area is 172 Å². The third kappa shape index (κ3) is 4.20. The lowest BCUT2D eigenvalue weighted by Crippen LogP contribution is -2.39. The average Bonchev–Trinajstić information content (AvgIpc) is 3.19. The van der Waals surface area contributed by atoms with Crippen LogP contribution in [0.2, 0.25) is 0 Å². The topological polar surface area (TPSA) is 164 Å². The van der Waals surface area contributed by atoms with Crippen molar-refractivity contribution < 1.29 is 33.3 Å². The first-order chi connectivity index (χ1) is 14.2. The second-order valence-electron chi connectivity index (χ2n) is 6.54. The van der Waals surface area contributed by atoms with Crippen LogP contribution in [0.1, 0.15) is 32.2 Å². The molecular weight excluding hydrogens is 415 g/mol. The van der Waals surface area contributed by atoms with Gasteiger partial charge < -0.3 is 24.7 Å². The number of nitriles is 1. The standard InChI is InChI=1S/C18H19N4O7P/c1-8(23)26-5-12-14(27-9(2)24)15(28-10(3)25)18(29-12)30-6-11(4-19)13-16(20)21-7-22-17(13)30/h6-7,12,14-15,18H,5H2,1-3H3,(H2,20,21,22). The van der Waals surface area contributed by atoms with Gasteiger partial charge in [0.2, 0.25) is 0 Å². The van der Waals surface area contributed by atoms with Crippen molar-refractivity contribution in [2.24, 2.45) is 0 Å². The summed E-state index contributed by atoms with van der Waals surface area (Å²) in [5, 5.41) is 10.4. The van der Waals surface area contributed by atoms with E-state index < -0.39 is 49.6 Å². The zero-order chi connectivity index (χ0) is 22.0. The maximum atomic E-state index is 11.8. The van der Waals surface area contributed by atoms with Gasteiger partial charge in [-0.1, -0.05) is 7.53 Å². The predicted octanol–water partition coefficient (Wildman–Crippen LogP) is 1.39. The second kappa shape index (κ2) is 8.65. The molecule has 3 heterocycles. The lowest BCUT2D eigenvalue weighted by molar-refractivity contribution is -0.165. The smallest absolute Gasteiger partial charge is 0.303 e. The van der Waals surface area contributed by atoms with Crippen LogP contribution in [-0.4, -0.2) is 52.8 Å². The van der Waals surface area contributed by atoms with Crippen LogP contribution in [0.15, 0.2) is 12.1 Å². The summed E-state index contributed by atoms with van der Waals surface area (Å²) in [5.74, 6) is -0.781. The molecular formula is C18H19N4O7P. The molecule has 11 nitrogen and oxygen atoms in total. The van der Waals surface area contributed by atoms with Crippen molar-refractivity contribution in [3.05, 3.63) is 17.7 Å². The molecule has 1 aliphatic rings. The zero-order valence-electron chi connectivity index (χ0n) is 16.4. The van der Waals surface area contributed by atoms with E-state index in [9.17, 15) is 19.6 Å². The number of carbonyl (C=O) groups excluding carboxylic acids is 3. The largest absolute Gasteiger partial charge is 0.463 e. The monoisotopic (exact) mass is 434 g/mol. The van der Waals surface area contributed by atoms with Crippen LogP contribution in [-0.2, 0) is 33.3 Å². The van der Waals surface area contributed by atoms with Crippen LogP contribution < -0.4 is 5.73 Å².